The van der Waals surface area contributed by atoms with Gasteiger partial charge in [-0.15, -0.1) is 0 Å². The Morgan fingerprint density at radius 2 is 0.824 bits per heavy atom. The molecule has 0 saturated heterocycles. The Kier molecular flexibility index (Phi) is 5.26. The predicted octanol–water partition coefficient (Wildman–Crippen LogP) is 13.3. The fourth-order valence-electron chi connectivity index (χ4n) is 9.99. The van der Waals surface area contributed by atoms with E-state index >= 15 is 0 Å². The Hall–Kier alpha value is -6.50. The molecule has 234 valence electrons. The van der Waals surface area contributed by atoms with Crippen molar-refractivity contribution in [3.63, 3.8) is 0 Å². The van der Waals surface area contributed by atoms with E-state index in [0.29, 0.717) is 0 Å². The highest BCUT2D eigenvalue weighted by molar-refractivity contribution is 6.21. The van der Waals surface area contributed by atoms with Gasteiger partial charge in [-0.25, -0.2) is 0 Å². The summed E-state index contributed by atoms with van der Waals surface area (Å²) < 4.78 is 0. The molecule has 1 spiro atoms. The van der Waals surface area contributed by atoms with Crippen LogP contribution in [0.25, 0.3) is 88.3 Å². The van der Waals surface area contributed by atoms with Gasteiger partial charge in [0.05, 0.1) is 5.41 Å². The van der Waals surface area contributed by atoms with Crippen molar-refractivity contribution in [2.75, 3.05) is 0 Å². The van der Waals surface area contributed by atoms with Gasteiger partial charge in [0.15, 0.2) is 0 Å². The monoisotopic (exact) mass is 642 g/mol. The van der Waals surface area contributed by atoms with Crippen LogP contribution >= 0.6 is 0 Å². The average molecular weight is 643 g/mol. The zero-order chi connectivity index (χ0) is 33.3. The van der Waals surface area contributed by atoms with Crippen molar-refractivity contribution in [2.45, 2.75) is 5.41 Å². The molecule has 9 aromatic carbocycles. The third-order valence-electron chi connectivity index (χ3n) is 12.0. The maximum atomic E-state index is 2.56. The van der Waals surface area contributed by atoms with Gasteiger partial charge in [0.1, 0.15) is 0 Å². The zero-order valence-corrected chi connectivity index (χ0v) is 27.8. The van der Waals surface area contributed by atoms with Crippen LogP contribution in [-0.4, -0.2) is 0 Å². The van der Waals surface area contributed by atoms with Gasteiger partial charge in [0.25, 0.3) is 0 Å². The third kappa shape index (κ3) is 3.40. The van der Waals surface area contributed by atoms with Crippen LogP contribution in [0.5, 0.6) is 0 Å². The Morgan fingerprint density at radius 1 is 0.275 bits per heavy atom. The van der Waals surface area contributed by atoms with E-state index < -0.39 is 5.41 Å². The average Bonchev–Trinajstić information content (AvgIpc) is 3.80. The minimum atomic E-state index is -0.422. The minimum absolute atomic E-state index is 0.422. The van der Waals surface area contributed by atoms with Gasteiger partial charge >= 0.3 is 0 Å². The molecule has 0 aliphatic heterocycles. The summed E-state index contributed by atoms with van der Waals surface area (Å²) in [6, 6.07) is 68.4. The molecule has 0 heteroatoms. The molecule has 3 aliphatic rings. The molecular weight excluding hydrogens is 613 g/mol. The van der Waals surface area contributed by atoms with E-state index in [0.717, 1.165) is 0 Å². The second-order valence-electron chi connectivity index (χ2n) is 14.3. The van der Waals surface area contributed by atoms with E-state index in [1.54, 1.807) is 0 Å². The number of hydrogen-bond acceptors (Lipinski definition) is 0. The van der Waals surface area contributed by atoms with Crippen molar-refractivity contribution in [1.29, 1.82) is 0 Å². The number of hydrogen-bond donors (Lipinski definition) is 0. The fourth-order valence-corrected chi connectivity index (χ4v) is 9.99. The van der Waals surface area contributed by atoms with E-state index in [4.69, 9.17) is 0 Å². The second kappa shape index (κ2) is 9.81. The van der Waals surface area contributed by atoms with Gasteiger partial charge in [0, 0.05) is 0 Å². The molecule has 1 atom stereocenters. The molecular formula is C51H30. The van der Waals surface area contributed by atoms with E-state index in [1.165, 1.54) is 111 Å². The summed E-state index contributed by atoms with van der Waals surface area (Å²) in [7, 11) is 0. The first kappa shape index (κ1) is 27.3. The lowest BCUT2D eigenvalue weighted by Gasteiger charge is -2.31. The fraction of sp³-hybridized carbons (Fsp3) is 0.0196. The lowest BCUT2D eigenvalue weighted by atomic mass is 9.69. The smallest absolute Gasteiger partial charge is 0.0619 e. The van der Waals surface area contributed by atoms with E-state index in [2.05, 4.69) is 182 Å². The molecule has 0 heterocycles. The Bertz CT molecular complexity index is 2950. The van der Waals surface area contributed by atoms with Gasteiger partial charge in [-0.2, -0.15) is 0 Å². The van der Waals surface area contributed by atoms with Crippen LogP contribution in [0.15, 0.2) is 182 Å². The Morgan fingerprint density at radius 3 is 1.67 bits per heavy atom. The van der Waals surface area contributed by atoms with Crippen LogP contribution < -0.4 is 0 Å². The van der Waals surface area contributed by atoms with E-state index in [9.17, 15) is 0 Å². The summed E-state index contributed by atoms with van der Waals surface area (Å²) in [6.45, 7) is 0. The van der Waals surface area contributed by atoms with Crippen molar-refractivity contribution in [1.82, 2.24) is 0 Å². The highest BCUT2D eigenvalue weighted by atomic mass is 14.5. The number of benzene rings is 9. The lowest BCUT2D eigenvalue weighted by Crippen LogP contribution is -2.26. The molecule has 0 aromatic heterocycles. The van der Waals surface area contributed by atoms with Crippen LogP contribution in [0.4, 0.5) is 0 Å². The molecule has 12 rings (SSSR count). The first-order chi connectivity index (χ1) is 25.3. The Labute approximate surface area is 296 Å². The Balaban J connectivity index is 1.11. The van der Waals surface area contributed by atoms with Crippen LogP contribution in [-0.2, 0) is 5.41 Å². The quantitative estimate of drug-likeness (QED) is 0.176. The largest absolute Gasteiger partial charge is 0.0726 e. The molecule has 0 bridgehead atoms. The third-order valence-corrected chi connectivity index (χ3v) is 12.0. The highest BCUT2D eigenvalue weighted by Gasteiger charge is 2.52. The minimum Gasteiger partial charge on any atom is -0.0619 e. The van der Waals surface area contributed by atoms with Gasteiger partial charge in [0.2, 0.25) is 0 Å². The van der Waals surface area contributed by atoms with Crippen molar-refractivity contribution in [3.05, 3.63) is 204 Å². The molecule has 0 radical (unpaired) electrons. The maximum Gasteiger partial charge on any atom is 0.0726 e. The molecule has 0 N–H and O–H groups in total. The molecule has 0 nitrogen and oxygen atoms in total. The van der Waals surface area contributed by atoms with Crippen LogP contribution in [0.1, 0.15) is 22.3 Å². The highest BCUT2D eigenvalue weighted by Crippen LogP contribution is 2.65. The zero-order valence-electron chi connectivity index (χ0n) is 27.8. The number of fused-ring (bicyclic) bond motifs is 15. The lowest BCUT2D eigenvalue weighted by molar-refractivity contribution is 0.795. The molecule has 9 aromatic rings. The summed E-state index contributed by atoms with van der Waals surface area (Å²) >= 11 is 0. The molecule has 1 unspecified atom stereocenters. The van der Waals surface area contributed by atoms with Gasteiger partial charge in [-0.3, -0.25) is 0 Å². The summed E-state index contributed by atoms with van der Waals surface area (Å²) in [5.74, 6) is 0. The summed E-state index contributed by atoms with van der Waals surface area (Å²) in [4.78, 5) is 0. The molecule has 0 amide bonds. The van der Waals surface area contributed by atoms with Gasteiger partial charge < -0.3 is 0 Å². The van der Waals surface area contributed by atoms with Crippen molar-refractivity contribution < 1.29 is 0 Å². The van der Waals surface area contributed by atoms with Crippen molar-refractivity contribution >= 4 is 21.5 Å². The van der Waals surface area contributed by atoms with Crippen LogP contribution in [0.3, 0.4) is 0 Å². The predicted molar refractivity (Wildman–Crippen MR) is 213 cm³/mol. The van der Waals surface area contributed by atoms with Gasteiger partial charge in [-0.05, 0) is 123 Å². The summed E-state index contributed by atoms with van der Waals surface area (Å²) in [6.07, 6.45) is 0. The van der Waals surface area contributed by atoms with E-state index in [-0.39, 0.29) is 0 Å². The molecule has 0 saturated carbocycles. The van der Waals surface area contributed by atoms with Crippen molar-refractivity contribution in [2.24, 2.45) is 0 Å². The first-order valence-electron chi connectivity index (χ1n) is 17.9. The molecule has 0 fully saturated rings. The molecule has 3 aliphatic carbocycles. The summed E-state index contributed by atoms with van der Waals surface area (Å²) in [5.41, 5.74) is 20.9. The maximum absolute atomic E-state index is 2.56. The summed E-state index contributed by atoms with van der Waals surface area (Å²) in [5, 5.41) is 5.29. The normalized spacial score (nSPS) is 15.5. The number of rotatable bonds is 2. The SMILES string of the molecule is c1ccc2c(c1)-c1cccc3c4c(cc-2c13)C1(c2ccccc2-c2ccc(-c3ccc(-c5cccc6ccccc56)cc3)cc21)c1ccccc1-4. The van der Waals surface area contributed by atoms with Crippen LogP contribution in [0.2, 0.25) is 0 Å². The van der Waals surface area contributed by atoms with Crippen LogP contribution in [0, 0.1) is 0 Å². The molecule has 51 heavy (non-hydrogen) atoms. The first-order valence-corrected chi connectivity index (χ1v) is 17.9. The second-order valence-corrected chi connectivity index (χ2v) is 14.3. The standard InChI is InChI=1S/C51H30/c1-2-13-35-32(11-1)12-9-18-36(35)33-25-23-31(24-26-33)34-27-28-40-39-16-5-7-21-45(39)51(47(40)29-34)46-22-8-6-17-42(46)50-43-20-10-19-41-37-14-3-4-15-38(37)44(49(41)43)30-48(50)51/h1-30H. The van der Waals surface area contributed by atoms with Crippen molar-refractivity contribution in [3.8, 4) is 66.8 Å². The van der Waals surface area contributed by atoms with Gasteiger partial charge in [-0.1, -0.05) is 170 Å². The van der Waals surface area contributed by atoms with E-state index in [1.807, 2.05) is 0 Å². The topological polar surface area (TPSA) is 0 Å².